The molecule has 0 aliphatic carbocycles. The highest BCUT2D eigenvalue weighted by atomic mass is 32.1. The lowest BCUT2D eigenvalue weighted by atomic mass is 9.96. The van der Waals surface area contributed by atoms with E-state index in [1.807, 2.05) is 31.3 Å². The molecule has 0 radical (unpaired) electrons. The van der Waals surface area contributed by atoms with Crippen molar-refractivity contribution in [1.29, 1.82) is 0 Å². The van der Waals surface area contributed by atoms with Gasteiger partial charge >= 0.3 is 0 Å². The second-order valence-electron chi connectivity index (χ2n) is 8.97. The molecule has 2 aromatic carbocycles. The minimum atomic E-state index is 0.0450. The Morgan fingerprint density at radius 1 is 1.12 bits per heavy atom. The van der Waals surface area contributed by atoms with E-state index in [-0.39, 0.29) is 17.7 Å². The summed E-state index contributed by atoms with van der Waals surface area (Å²) in [6, 6.07) is 16.4. The van der Waals surface area contributed by atoms with E-state index in [2.05, 4.69) is 39.9 Å². The number of fused-ring (bicyclic) bond motifs is 1. The Bertz CT molecular complexity index is 1110. The number of hydrogen-bond acceptors (Lipinski definition) is 5. The first-order valence-corrected chi connectivity index (χ1v) is 12.7. The molecule has 1 saturated heterocycles. The van der Waals surface area contributed by atoms with Crippen molar-refractivity contribution < 1.29 is 14.3 Å². The van der Waals surface area contributed by atoms with E-state index in [1.165, 1.54) is 4.88 Å². The molecule has 7 heteroatoms. The fourth-order valence-electron chi connectivity index (χ4n) is 4.43. The number of likely N-dealkylation sites (N-methyl/N-ethyl adjacent to an activating group) is 1. The summed E-state index contributed by atoms with van der Waals surface area (Å²) in [5.41, 5.74) is 1.10. The van der Waals surface area contributed by atoms with Crippen molar-refractivity contribution in [3.63, 3.8) is 0 Å². The lowest BCUT2D eigenvalue weighted by Crippen LogP contribution is -2.44. The molecule has 1 aromatic heterocycles. The van der Waals surface area contributed by atoms with Gasteiger partial charge in [0.15, 0.2) is 0 Å². The summed E-state index contributed by atoms with van der Waals surface area (Å²) >= 11 is 1.72. The highest BCUT2D eigenvalue weighted by Gasteiger charge is 2.26. The Labute approximate surface area is 205 Å². The standard InChI is InChI=1S/C27H33N3O3S/c1-29(18-20-5-6-23-17-24(33-2)8-7-22(23)16-20)26(31)19-30-13-10-21(11-14-30)27(32)28-12-9-25-4-3-15-34-25/h3-8,15-17,21H,9-14,18-19H2,1-2H3,(H,28,32). The SMILES string of the molecule is COc1ccc2cc(CN(C)C(=O)CN3CCC(C(=O)NCCc4cccs4)CC3)ccc2c1. The van der Waals surface area contributed by atoms with E-state index in [1.54, 1.807) is 23.3 Å². The van der Waals surface area contributed by atoms with Crippen molar-refractivity contribution in [1.82, 2.24) is 15.1 Å². The van der Waals surface area contributed by atoms with E-state index >= 15 is 0 Å². The lowest BCUT2D eigenvalue weighted by Gasteiger charge is -2.32. The third-order valence-corrected chi connectivity index (χ3v) is 7.46. The number of likely N-dealkylation sites (tertiary alicyclic amines) is 1. The van der Waals surface area contributed by atoms with Gasteiger partial charge in [-0.1, -0.05) is 24.3 Å². The molecule has 3 aromatic rings. The zero-order valence-electron chi connectivity index (χ0n) is 20.0. The molecule has 0 atom stereocenters. The summed E-state index contributed by atoms with van der Waals surface area (Å²) < 4.78 is 5.29. The second kappa shape index (κ2) is 11.5. The van der Waals surface area contributed by atoms with Crippen LogP contribution in [0.2, 0.25) is 0 Å². The minimum absolute atomic E-state index is 0.0450. The molecule has 1 fully saturated rings. The minimum Gasteiger partial charge on any atom is -0.497 e. The van der Waals surface area contributed by atoms with Crippen molar-refractivity contribution in [3.05, 3.63) is 64.4 Å². The zero-order valence-corrected chi connectivity index (χ0v) is 20.8. The van der Waals surface area contributed by atoms with E-state index in [9.17, 15) is 9.59 Å². The Balaban J connectivity index is 1.20. The largest absolute Gasteiger partial charge is 0.497 e. The van der Waals surface area contributed by atoms with Crippen molar-refractivity contribution in [2.75, 3.05) is 40.3 Å². The van der Waals surface area contributed by atoms with Crippen molar-refractivity contribution in [2.45, 2.75) is 25.8 Å². The first kappa shape index (κ1) is 24.2. The van der Waals surface area contributed by atoms with Crippen LogP contribution in [0.1, 0.15) is 23.3 Å². The molecule has 0 spiro atoms. The third-order valence-electron chi connectivity index (χ3n) is 6.53. The molecular weight excluding hydrogens is 446 g/mol. The highest BCUT2D eigenvalue weighted by Crippen LogP contribution is 2.23. The van der Waals surface area contributed by atoms with Crippen LogP contribution in [0.3, 0.4) is 0 Å². The molecule has 0 unspecified atom stereocenters. The molecule has 1 aliphatic rings. The van der Waals surface area contributed by atoms with Gasteiger partial charge in [0.1, 0.15) is 5.75 Å². The topological polar surface area (TPSA) is 61.9 Å². The van der Waals surface area contributed by atoms with Gasteiger partial charge in [0, 0.05) is 30.9 Å². The van der Waals surface area contributed by atoms with Gasteiger partial charge < -0.3 is 15.0 Å². The van der Waals surface area contributed by atoms with Crippen LogP contribution in [0.15, 0.2) is 53.9 Å². The monoisotopic (exact) mass is 479 g/mol. The molecule has 4 rings (SSSR count). The average Bonchev–Trinajstić information content (AvgIpc) is 3.37. The van der Waals surface area contributed by atoms with Crippen molar-refractivity contribution >= 4 is 33.9 Å². The van der Waals surface area contributed by atoms with Gasteiger partial charge in [-0.2, -0.15) is 0 Å². The lowest BCUT2D eigenvalue weighted by molar-refractivity contribution is -0.132. The highest BCUT2D eigenvalue weighted by molar-refractivity contribution is 7.09. The number of hydrogen-bond donors (Lipinski definition) is 1. The van der Waals surface area contributed by atoms with Gasteiger partial charge in [-0.25, -0.2) is 0 Å². The Hall–Kier alpha value is -2.90. The van der Waals surface area contributed by atoms with Crippen LogP contribution in [-0.4, -0.2) is 62.0 Å². The van der Waals surface area contributed by atoms with Crippen LogP contribution in [0, 0.1) is 5.92 Å². The first-order chi connectivity index (χ1) is 16.5. The second-order valence-corrected chi connectivity index (χ2v) is 10.0. The van der Waals surface area contributed by atoms with Crippen LogP contribution in [-0.2, 0) is 22.6 Å². The maximum absolute atomic E-state index is 12.8. The van der Waals surface area contributed by atoms with Crippen LogP contribution in [0.5, 0.6) is 5.75 Å². The number of carbonyl (C=O) groups is 2. The molecule has 6 nitrogen and oxygen atoms in total. The van der Waals surface area contributed by atoms with Gasteiger partial charge in [0.25, 0.3) is 0 Å². The summed E-state index contributed by atoms with van der Waals surface area (Å²) in [5, 5.41) is 7.39. The molecular formula is C27H33N3O3S. The molecule has 2 heterocycles. The van der Waals surface area contributed by atoms with Crippen LogP contribution >= 0.6 is 11.3 Å². The summed E-state index contributed by atoms with van der Waals surface area (Å²) in [6.07, 6.45) is 2.49. The number of ether oxygens (including phenoxy) is 1. The number of carbonyl (C=O) groups excluding carboxylic acids is 2. The van der Waals surface area contributed by atoms with E-state index in [0.29, 0.717) is 19.6 Å². The van der Waals surface area contributed by atoms with E-state index in [0.717, 1.165) is 54.4 Å². The van der Waals surface area contributed by atoms with Gasteiger partial charge in [0.2, 0.25) is 11.8 Å². The molecule has 34 heavy (non-hydrogen) atoms. The van der Waals surface area contributed by atoms with Gasteiger partial charge in [-0.15, -0.1) is 11.3 Å². The Morgan fingerprint density at radius 2 is 1.88 bits per heavy atom. The van der Waals surface area contributed by atoms with Crippen molar-refractivity contribution in [2.24, 2.45) is 5.92 Å². The summed E-state index contributed by atoms with van der Waals surface area (Å²) in [7, 11) is 3.52. The summed E-state index contributed by atoms with van der Waals surface area (Å²) in [5.74, 6) is 1.14. The molecule has 180 valence electrons. The maximum atomic E-state index is 12.8. The molecule has 2 amide bonds. The predicted molar refractivity (Wildman–Crippen MR) is 137 cm³/mol. The van der Waals surface area contributed by atoms with Gasteiger partial charge in [0.05, 0.1) is 13.7 Å². The van der Waals surface area contributed by atoms with Crippen LogP contribution in [0.25, 0.3) is 10.8 Å². The van der Waals surface area contributed by atoms with Crippen LogP contribution in [0.4, 0.5) is 0 Å². The number of nitrogens with zero attached hydrogens (tertiary/aromatic N) is 2. The Kier molecular flexibility index (Phi) is 8.19. The number of rotatable bonds is 9. The predicted octanol–water partition coefficient (Wildman–Crippen LogP) is 3.94. The van der Waals surface area contributed by atoms with Gasteiger partial charge in [-0.3, -0.25) is 14.5 Å². The molecule has 0 bridgehead atoms. The molecule has 0 saturated carbocycles. The average molecular weight is 480 g/mol. The smallest absolute Gasteiger partial charge is 0.236 e. The van der Waals surface area contributed by atoms with E-state index < -0.39 is 0 Å². The van der Waals surface area contributed by atoms with Gasteiger partial charge in [-0.05, 0) is 78.3 Å². The number of benzene rings is 2. The summed E-state index contributed by atoms with van der Waals surface area (Å²) in [6.45, 7) is 3.21. The zero-order chi connectivity index (χ0) is 23.9. The molecule has 1 N–H and O–H groups in total. The summed E-state index contributed by atoms with van der Waals surface area (Å²) in [4.78, 5) is 30.6. The maximum Gasteiger partial charge on any atom is 0.236 e. The number of methoxy groups -OCH3 is 1. The fourth-order valence-corrected chi connectivity index (χ4v) is 5.14. The van der Waals surface area contributed by atoms with Crippen molar-refractivity contribution in [3.8, 4) is 5.75 Å². The quantitative estimate of drug-likeness (QED) is 0.505. The fraction of sp³-hybridized carbons (Fsp3) is 0.407. The normalized spacial score (nSPS) is 14.8. The number of amides is 2. The number of nitrogens with one attached hydrogen (secondary N) is 1. The first-order valence-electron chi connectivity index (χ1n) is 11.8. The molecule has 1 aliphatic heterocycles. The number of piperidine rings is 1. The van der Waals surface area contributed by atoms with Crippen LogP contribution < -0.4 is 10.1 Å². The van der Waals surface area contributed by atoms with E-state index in [4.69, 9.17) is 4.74 Å². The Morgan fingerprint density at radius 3 is 2.62 bits per heavy atom. The third kappa shape index (κ3) is 6.36. The number of thiophene rings is 1.